The molecule has 0 radical (unpaired) electrons. The SMILES string of the molecule is Cc1ccc(-n2cnnn2)cc1NC(=O)CC(C)CN. The van der Waals surface area contributed by atoms with E-state index in [1.54, 1.807) is 0 Å². The van der Waals surface area contributed by atoms with Gasteiger partial charge >= 0.3 is 0 Å². The molecule has 1 aromatic carbocycles. The third kappa shape index (κ3) is 3.39. The fourth-order valence-corrected chi connectivity index (χ4v) is 1.77. The molecule has 7 nitrogen and oxygen atoms in total. The molecule has 1 atom stereocenters. The predicted octanol–water partition coefficient (Wildman–Crippen LogP) is 0.894. The number of tetrazole rings is 1. The maximum atomic E-state index is 11.9. The van der Waals surface area contributed by atoms with Crippen molar-refractivity contribution in [2.45, 2.75) is 20.3 Å². The Kier molecular flexibility index (Phi) is 4.41. The summed E-state index contributed by atoms with van der Waals surface area (Å²) in [5, 5.41) is 13.9. The number of anilines is 1. The lowest BCUT2D eigenvalue weighted by Crippen LogP contribution is -2.20. The Morgan fingerprint density at radius 3 is 2.95 bits per heavy atom. The summed E-state index contributed by atoms with van der Waals surface area (Å²) in [4.78, 5) is 11.9. The topological polar surface area (TPSA) is 98.7 Å². The highest BCUT2D eigenvalue weighted by Gasteiger charge is 2.10. The van der Waals surface area contributed by atoms with E-state index >= 15 is 0 Å². The molecule has 0 saturated heterocycles. The number of aryl methyl sites for hydroxylation is 1. The molecule has 0 saturated carbocycles. The van der Waals surface area contributed by atoms with Gasteiger partial charge < -0.3 is 11.1 Å². The Morgan fingerprint density at radius 2 is 2.30 bits per heavy atom. The number of rotatable bonds is 5. The number of carbonyl (C=O) groups excluding carboxylic acids is 1. The minimum atomic E-state index is -0.0417. The number of hydrogen-bond donors (Lipinski definition) is 2. The van der Waals surface area contributed by atoms with Crippen LogP contribution in [0.15, 0.2) is 24.5 Å². The van der Waals surface area contributed by atoms with Crippen molar-refractivity contribution in [3.63, 3.8) is 0 Å². The predicted molar refractivity (Wildman–Crippen MR) is 75.4 cm³/mol. The van der Waals surface area contributed by atoms with Crippen LogP contribution in [0.3, 0.4) is 0 Å². The minimum Gasteiger partial charge on any atom is -0.330 e. The zero-order valence-corrected chi connectivity index (χ0v) is 11.6. The molecule has 0 fully saturated rings. The first kappa shape index (κ1) is 14.1. The first-order valence-electron chi connectivity index (χ1n) is 6.44. The van der Waals surface area contributed by atoms with E-state index in [4.69, 9.17) is 5.73 Å². The van der Waals surface area contributed by atoms with E-state index in [2.05, 4.69) is 20.8 Å². The summed E-state index contributed by atoms with van der Waals surface area (Å²) in [5.74, 6) is 0.123. The summed E-state index contributed by atoms with van der Waals surface area (Å²) in [5.41, 5.74) is 8.06. The van der Waals surface area contributed by atoms with Crippen molar-refractivity contribution in [3.05, 3.63) is 30.1 Å². The number of carbonyl (C=O) groups is 1. The quantitative estimate of drug-likeness (QED) is 0.843. The van der Waals surface area contributed by atoms with Crippen LogP contribution in [0.25, 0.3) is 5.69 Å². The first-order chi connectivity index (χ1) is 9.60. The second kappa shape index (κ2) is 6.25. The summed E-state index contributed by atoms with van der Waals surface area (Å²) >= 11 is 0. The van der Waals surface area contributed by atoms with Crippen molar-refractivity contribution in [1.29, 1.82) is 0 Å². The summed E-state index contributed by atoms with van der Waals surface area (Å²) in [6.45, 7) is 4.38. The Bertz CT molecular complexity index is 581. The van der Waals surface area contributed by atoms with Gasteiger partial charge in [0.05, 0.1) is 5.69 Å². The molecule has 0 aliphatic rings. The maximum absolute atomic E-state index is 11.9. The van der Waals surface area contributed by atoms with Crippen LogP contribution in [0.4, 0.5) is 5.69 Å². The van der Waals surface area contributed by atoms with Crippen molar-refractivity contribution >= 4 is 11.6 Å². The number of hydrogen-bond acceptors (Lipinski definition) is 5. The number of benzene rings is 1. The van der Waals surface area contributed by atoms with Gasteiger partial charge in [0, 0.05) is 12.1 Å². The first-order valence-corrected chi connectivity index (χ1v) is 6.44. The fraction of sp³-hybridized carbons (Fsp3) is 0.385. The smallest absolute Gasteiger partial charge is 0.224 e. The maximum Gasteiger partial charge on any atom is 0.224 e. The second-order valence-electron chi connectivity index (χ2n) is 4.85. The molecule has 0 bridgehead atoms. The average molecular weight is 274 g/mol. The molecule has 0 aliphatic carbocycles. The van der Waals surface area contributed by atoms with Crippen LogP contribution < -0.4 is 11.1 Å². The molecular formula is C13H18N6O. The second-order valence-corrected chi connectivity index (χ2v) is 4.85. The third-order valence-corrected chi connectivity index (χ3v) is 3.05. The molecule has 7 heteroatoms. The highest BCUT2D eigenvalue weighted by molar-refractivity contribution is 5.91. The van der Waals surface area contributed by atoms with Gasteiger partial charge in [0.15, 0.2) is 0 Å². The van der Waals surface area contributed by atoms with Gasteiger partial charge in [-0.15, -0.1) is 5.10 Å². The Hall–Kier alpha value is -2.28. The zero-order valence-electron chi connectivity index (χ0n) is 11.6. The normalized spacial score (nSPS) is 12.2. The van der Waals surface area contributed by atoms with Gasteiger partial charge in [0.2, 0.25) is 5.91 Å². The largest absolute Gasteiger partial charge is 0.330 e. The monoisotopic (exact) mass is 274 g/mol. The molecule has 0 aliphatic heterocycles. The van der Waals surface area contributed by atoms with E-state index < -0.39 is 0 Å². The molecule has 3 N–H and O–H groups in total. The molecular weight excluding hydrogens is 256 g/mol. The lowest BCUT2D eigenvalue weighted by atomic mass is 10.1. The van der Waals surface area contributed by atoms with Crippen LogP contribution in [0.2, 0.25) is 0 Å². The van der Waals surface area contributed by atoms with E-state index in [9.17, 15) is 4.79 Å². The average Bonchev–Trinajstić information content (AvgIpc) is 2.95. The lowest BCUT2D eigenvalue weighted by Gasteiger charge is -2.12. The molecule has 1 unspecified atom stereocenters. The Balaban J connectivity index is 2.15. The Labute approximate surface area is 117 Å². The molecule has 2 rings (SSSR count). The number of nitrogens with one attached hydrogen (secondary N) is 1. The number of amides is 1. The molecule has 20 heavy (non-hydrogen) atoms. The summed E-state index contributed by atoms with van der Waals surface area (Å²) in [7, 11) is 0. The number of nitrogens with zero attached hydrogens (tertiary/aromatic N) is 4. The summed E-state index contributed by atoms with van der Waals surface area (Å²) in [6, 6.07) is 5.65. The van der Waals surface area contributed by atoms with Crippen molar-refractivity contribution in [3.8, 4) is 5.69 Å². The number of aromatic nitrogens is 4. The van der Waals surface area contributed by atoms with Crippen LogP contribution in [0.5, 0.6) is 0 Å². The summed E-state index contributed by atoms with van der Waals surface area (Å²) < 4.78 is 1.54. The van der Waals surface area contributed by atoms with Gasteiger partial charge in [0.25, 0.3) is 0 Å². The van der Waals surface area contributed by atoms with Gasteiger partial charge in [-0.05, 0) is 47.5 Å². The zero-order chi connectivity index (χ0) is 14.5. The molecule has 106 valence electrons. The van der Waals surface area contributed by atoms with Crippen LogP contribution in [0, 0.1) is 12.8 Å². The Morgan fingerprint density at radius 1 is 1.50 bits per heavy atom. The van der Waals surface area contributed by atoms with Crippen LogP contribution in [-0.4, -0.2) is 32.7 Å². The van der Waals surface area contributed by atoms with Crippen molar-refractivity contribution in [2.24, 2.45) is 11.7 Å². The standard InChI is InChI=1S/C13H18N6O/c1-9(7-14)5-13(20)16-12-6-11(4-3-10(12)2)19-8-15-17-18-19/h3-4,6,8-9H,5,7,14H2,1-2H3,(H,16,20). The molecule has 1 amide bonds. The van der Waals surface area contributed by atoms with E-state index in [0.29, 0.717) is 13.0 Å². The van der Waals surface area contributed by atoms with E-state index in [1.807, 2.05) is 32.0 Å². The number of nitrogens with two attached hydrogens (primary N) is 1. The van der Waals surface area contributed by atoms with Crippen molar-refractivity contribution in [1.82, 2.24) is 20.2 Å². The minimum absolute atomic E-state index is 0.0417. The molecule has 2 aromatic rings. The third-order valence-electron chi connectivity index (χ3n) is 3.05. The van der Waals surface area contributed by atoms with Gasteiger partial charge in [-0.1, -0.05) is 13.0 Å². The van der Waals surface area contributed by atoms with Crippen molar-refractivity contribution in [2.75, 3.05) is 11.9 Å². The van der Waals surface area contributed by atoms with E-state index in [0.717, 1.165) is 16.9 Å². The van der Waals surface area contributed by atoms with Crippen LogP contribution in [0.1, 0.15) is 18.9 Å². The summed E-state index contributed by atoms with van der Waals surface area (Å²) in [6.07, 6.45) is 1.91. The lowest BCUT2D eigenvalue weighted by molar-refractivity contribution is -0.116. The van der Waals surface area contributed by atoms with Crippen LogP contribution >= 0.6 is 0 Å². The highest BCUT2D eigenvalue weighted by atomic mass is 16.1. The van der Waals surface area contributed by atoms with Crippen LogP contribution in [-0.2, 0) is 4.79 Å². The molecule has 1 aromatic heterocycles. The molecule has 0 spiro atoms. The van der Waals surface area contributed by atoms with Gasteiger partial charge in [-0.2, -0.15) is 0 Å². The fourth-order valence-electron chi connectivity index (χ4n) is 1.77. The van der Waals surface area contributed by atoms with Gasteiger partial charge in [0.1, 0.15) is 6.33 Å². The highest BCUT2D eigenvalue weighted by Crippen LogP contribution is 2.19. The van der Waals surface area contributed by atoms with Gasteiger partial charge in [-0.3, -0.25) is 4.79 Å². The molecule has 1 heterocycles. The van der Waals surface area contributed by atoms with E-state index in [-0.39, 0.29) is 11.8 Å². The van der Waals surface area contributed by atoms with Gasteiger partial charge in [-0.25, -0.2) is 4.68 Å². The van der Waals surface area contributed by atoms with Crippen molar-refractivity contribution < 1.29 is 4.79 Å². The van der Waals surface area contributed by atoms with E-state index in [1.165, 1.54) is 11.0 Å².